The van der Waals surface area contributed by atoms with Crippen LogP contribution in [0.4, 0.5) is 0 Å². The van der Waals surface area contributed by atoms with Crippen LogP contribution in [0.1, 0.15) is 24.0 Å². The van der Waals surface area contributed by atoms with Crippen LogP contribution in [-0.4, -0.2) is 80.0 Å². The van der Waals surface area contributed by atoms with E-state index in [-0.39, 0.29) is 42.9 Å². The Bertz CT molecular complexity index is 1190. The van der Waals surface area contributed by atoms with Gasteiger partial charge in [0.2, 0.25) is 17.7 Å². The van der Waals surface area contributed by atoms with Crippen LogP contribution < -0.4 is 21.7 Å². The normalized spacial score (nSPS) is 13.8. The van der Waals surface area contributed by atoms with Gasteiger partial charge in [0.1, 0.15) is 29.6 Å². The predicted octanol–water partition coefficient (Wildman–Crippen LogP) is -0.456. The van der Waals surface area contributed by atoms with Crippen molar-refractivity contribution in [3.8, 4) is 11.5 Å². The van der Waals surface area contributed by atoms with Crippen molar-refractivity contribution in [1.82, 2.24) is 16.0 Å². The third-order valence-electron chi connectivity index (χ3n) is 5.82. The van der Waals surface area contributed by atoms with E-state index >= 15 is 0 Å². The van der Waals surface area contributed by atoms with E-state index in [9.17, 15) is 39.3 Å². The zero-order valence-electron chi connectivity index (χ0n) is 21.3. The highest BCUT2D eigenvalue weighted by Gasteiger charge is 2.30. The summed E-state index contributed by atoms with van der Waals surface area (Å²) in [6.07, 6.45) is -0.707. The fourth-order valence-corrected chi connectivity index (χ4v) is 3.83. The number of hydrogen-bond acceptors (Lipinski definition) is 9. The van der Waals surface area contributed by atoms with Crippen LogP contribution in [0.2, 0.25) is 0 Å². The maximum Gasteiger partial charge on any atom is 0.326 e. The van der Waals surface area contributed by atoms with Gasteiger partial charge in [-0.1, -0.05) is 24.3 Å². The van der Waals surface area contributed by atoms with E-state index in [4.69, 9.17) is 10.8 Å². The molecule has 216 valence electrons. The van der Waals surface area contributed by atoms with E-state index in [2.05, 4.69) is 28.6 Å². The molecule has 4 atom stereocenters. The van der Waals surface area contributed by atoms with E-state index in [1.807, 2.05) is 0 Å². The van der Waals surface area contributed by atoms with Crippen LogP contribution in [-0.2, 0) is 36.8 Å². The Morgan fingerprint density at radius 2 is 1.12 bits per heavy atom. The van der Waals surface area contributed by atoms with Gasteiger partial charge in [-0.3, -0.25) is 19.2 Å². The predicted molar refractivity (Wildman–Crippen MR) is 146 cm³/mol. The van der Waals surface area contributed by atoms with Gasteiger partial charge in [-0.25, -0.2) is 4.79 Å². The third-order valence-corrected chi connectivity index (χ3v) is 6.19. The molecule has 0 fully saturated rings. The molecule has 0 aromatic heterocycles. The van der Waals surface area contributed by atoms with Crippen LogP contribution in [0, 0.1) is 0 Å². The van der Waals surface area contributed by atoms with Gasteiger partial charge in [0, 0.05) is 25.0 Å². The van der Waals surface area contributed by atoms with Gasteiger partial charge < -0.3 is 42.1 Å². The third kappa shape index (κ3) is 10.5. The van der Waals surface area contributed by atoms with E-state index in [0.717, 1.165) is 0 Å². The Morgan fingerprint density at radius 3 is 1.57 bits per heavy atom. The number of carbonyl (C=O) groups excluding carboxylic acids is 3. The average molecular weight is 577 g/mol. The Morgan fingerprint density at radius 1 is 0.700 bits per heavy atom. The highest BCUT2D eigenvalue weighted by molar-refractivity contribution is 7.80. The van der Waals surface area contributed by atoms with E-state index in [1.54, 1.807) is 0 Å². The van der Waals surface area contributed by atoms with E-state index in [1.165, 1.54) is 48.5 Å². The number of phenolic OH excluding ortho intramolecular Hbond substituents is 2. The highest BCUT2D eigenvalue weighted by atomic mass is 32.1. The number of aliphatic carboxylic acids is 2. The maximum absolute atomic E-state index is 13.2. The number of phenols is 2. The van der Waals surface area contributed by atoms with Crippen LogP contribution in [0.5, 0.6) is 11.5 Å². The molecular formula is C26H32N4O9S. The van der Waals surface area contributed by atoms with Crippen molar-refractivity contribution in [2.45, 2.75) is 49.9 Å². The molecule has 2 aromatic carbocycles. The molecule has 14 heteroatoms. The lowest BCUT2D eigenvalue weighted by Gasteiger charge is -2.25. The van der Waals surface area contributed by atoms with E-state index in [0.29, 0.717) is 11.1 Å². The first-order chi connectivity index (χ1) is 18.9. The minimum absolute atomic E-state index is 0.00925. The topological polar surface area (TPSA) is 228 Å². The number of amides is 3. The molecule has 4 unspecified atom stereocenters. The summed E-state index contributed by atoms with van der Waals surface area (Å²) in [6, 6.07) is 6.47. The number of rotatable bonds is 15. The standard InChI is InChI=1S/C26H32N4O9S/c27-18(9-10-22(33)34)23(35)30-21(13-40)25(37)28-19(11-14-1-5-16(31)6-2-14)24(36)29-20(26(38)39)12-15-3-7-17(32)8-4-15/h1-8,18-21,31-32,40H,9-13,27H2,(H,28,37)(H,29,36)(H,30,35)(H,33,34)(H,38,39). The highest BCUT2D eigenvalue weighted by Crippen LogP contribution is 2.14. The lowest BCUT2D eigenvalue weighted by Crippen LogP contribution is -2.58. The Kier molecular flexibility index (Phi) is 12.2. The van der Waals surface area contributed by atoms with Crippen molar-refractivity contribution < 1.29 is 44.4 Å². The molecule has 0 bridgehead atoms. The average Bonchev–Trinajstić information content (AvgIpc) is 2.91. The number of thiol groups is 1. The number of nitrogens with two attached hydrogens (primary N) is 1. The summed E-state index contributed by atoms with van der Waals surface area (Å²) < 4.78 is 0. The lowest BCUT2D eigenvalue weighted by molar-refractivity contribution is -0.142. The quantitative estimate of drug-likeness (QED) is 0.124. The van der Waals surface area contributed by atoms with Gasteiger partial charge in [0.25, 0.3) is 0 Å². The molecule has 0 saturated carbocycles. The molecule has 0 radical (unpaired) electrons. The fourth-order valence-electron chi connectivity index (χ4n) is 3.57. The molecule has 0 aliphatic heterocycles. The van der Waals surface area contributed by atoms with Crippen molar-refractivity contribution in [3.63, 3.8) is 0 Å². The Hall–Kier alpha value is -4.30. The summed E-state index contributed by atoms with van der Waals surface area (Å²) in [6.45, 7) is 0. The van der Waals surface area contributed by atoms with Crippen molar-refractivity contribution >= 4 is 42.3 Å². The zero-order valence-corrected chi connectivity index (χ0v) is 22.2. The van der Waals surface area contributed by atoms with E-state index < -0.39 is 53.8 Å². The monoisotopic (exact) mass is 576 g/mol. The van der Waals surface area contributed by atoms with Gasteiger partial charge >= 0.3 is 11.9 Å². The van der Waals surface area contributed by atoms with Gasteiger partial charge in [0.15, 0.2) is 0 Å². The number of hydrogen-bond donors (Lipinski definition) is 9. The van der Waals surface area contributed by atoms with Crippen molar-refractivity contribution in [1.29, 1.82) is 0 Å². The van der Waals surface area contributed by atoms with Gasteiger partial charge in [0.05, 0.1) is 6.04 Å². The number of carboxylic acids is 2. The fraction of sp³-hybridized carbons (Fsp3) is 0.346. The number of carbonyl (C=O) groups is 5. The molecule has 0 saturated heterocycles. The molecule has 13 nitrogen and oxygen atoms in total. The van der Waals surface area contributed by atoms with Crippen LogP contribution in [0.15, 0.2) is 48.5 Å². The van der Waals surface area contributed by atoms with Crippen molar-refractivity contribution in [3.05, 3.63) is 59.7 Å². The molecule has 9 N–H and O–H groups in total. The van der Waals surface area contributed by atoms with Crippen molar-refractivity contribution in [2.75, 3.05) is 5.75 Å². The van der Waals surface area contributed by atoms with Crippen molar-refractivity contribution in [2.24, 2.45) is 5.73 Å². The minimum atomic E-state index is -1.37. The molecule has 3 amide bonds. The second kappa shape index (κ2) is 15.3. The Labute approximate surface area is 235 Å². The maximum atomic E-state index is 13.2. The second-order valence-electron chi connectivity index (χ2n) is 8.98. The molecule has 0 aliphatic carbocycles. The molecule has 0 spiro atoms. The summed E-state index contributed by atoms with van der Waals surface area (Å²) in [4.78, 5) is 61.3. The molecule has 2 rings (SSSR count). The smallest absolute Gasteiger partial charge is 0.326 e. The minimum Gasteiger partial charge on any atom is -0.508 e. The second-order valence-corrected chi connectivity index (χ2v) is 9.35. The number of aromatic hydroxyl groups is 2. The summed E-state index contributed by atoms with van der Waals surface area (Å²) in [7, 11) is 0. The molecule has 0 heterocycles. The molecule has 2 aromatic rings. The summed E-state index contributed by atoms with van der Waals surface area (Å²) in [5.41, 5.74) is 6.76. The molecular weight excluding hydrogens is 544 g/mol. The molecule has 0 aliphatic rings. The lowest BCUT2D eigenvalue weighted by atomic mass is 10.0. The van der Waals surface area contributed by atoms with Gasteiger partial charge in [-0.15, -0.1) is 0 Å². The first kappa shape index (κ1) is 31.9. The zero-order chi connectivity index (χ0) is 29.8. The number of carboxylic acid groups (broad SMARTS) is 2. The number of benzene rings is 2. The van der Waals surface area contributed by atoms with Crippen LogP contribution in [0.3, 0.4) is 0 Å². The SMILES string of the molecule is NC(CCC(=O)O)C(=O)NC(CS)C(=O)NC(Cc1ccc(O)cc1)C(=O)NC(Cc1ccc(O)cc1)C(=O)O. The van der Waals surface area contributed by atoms with Gasteiger partial charge in [-0.2, -0.15) is 12.6 Å². The summed E-state index contributed by atoms with van der Waals surface area (Å²) >= 11 is 4.08. The Balaban J connectivity index is 2.19. The number of nitrogens with one attached hydrogen (secondary N) is 3. The molecule has 40 heavy (non-hydrogen) atoms. The first-order valence-electron chi connectivity index (χ1n) is 12.2. The summed E-state index contributed by atoms with van der Waals surface area (Å²) in [5.74, 6) is -5.10. The van der Waals surface area contributed by atoms with Gasteiger partial charge in [-0.05, 0) is 41.8 Å². The summed E-state index contributed by atoms with van der Waals surface area (Å²) in [5, 5.41) is 44.8. The van der Waals surface area contributed by atoms with Crippen LogP contribution in [0.25, 0.3) is 0 Å². The van der Waals surface area contributed by atoms with Crippen LogP contribution >= 0.6 is 12.6 Å². The largest absolute Gasteiger partial charge is 0.508 e. The first-order valence-corrected chi connectivity index (χ1v) is 12.8.